The Kier molecular flexibility index (Phi) is 4.13. The first-order chi connectivity index (χ1) is 8.30. The highest BCUT2D eigenvalue weighted by Gasteiger charge is 2.25. The molecule has 0 unspecified atom stereocenters. The highest BCUT2D eigenvalue weighted by molar-refractivity contribution is 7.89. The average Bonchev–Trinajstić information content (AvgIpc) is 2.36. The first-order valence-corrected chi connectivity index (χ1v) is 6.57. The van der Waals surface area contributed by atoms with Crippen molar-refractivity contribution in [3.63, 3.8) is 0 Å². The number of carbonyl (C=O) groups is 1. The summed E-state index contributed by atoms with van der Waals surface area (Å²) in [6, 6.07) is 5.81. The molecule has 18 heavy (non-hydrogen) atoms. The molecule has 0 aliphatic carbocycles. The molecule has 0 spiro atoms. The van der Waals surface area contributed by atoms with Crippen LogP contribution >= 0.6 is 0 Å². The minimum Gasteiger partial charge on any atom is -0.497 e. The Bertz CT molecular complexity index is 560. The predicted molar refractivity (Wildman–Crippen MR) is 67.8 cm³/mol. The van der Waals surface area contributed by atoms with Crippen LogP contribution in [0.15, 0.2) is 41.3 Å². The zero-order valence-corrected chi connectivity index (χ0v) is 11.3. The van der Waals surface area contributed by atoms with Crippen molar-refractivity contribution in [2.75, 3.05) is 14.2 Å². The van der Waals surface area contributed by atoms with Crippen LogP contribution in [0.1, 0.15) is 6.92 Å². The number of hydrogen-bond donors (Lipinski definition) is 0. The van der Waals surface area contributed by atoms with Crippen molar-refractivity contribution >= 4 is 15.9 Å². The summed E-state index contributed by atoms with van der Waals surface area (Å²) in [6.07, 6.45) is 0. The van der Waals surface area contributed by atoms with Gasteiger partial charge in [-0.3, -0.25) is 4.79 Å². The maximum atomic E-state index is 12.1. The molecule has 1 aromatic rings. The number of benzene rings is 1. The molecule has 0 atom stereocenters. The highest BCUT2D eigenvalue weighted by Crippen LogP contribution is 2.19. The van der Waals surface area contributed by atoms with Crippen LogP contribution in [0.4, 0.5) is 0 Å². The molecule has 98 valence electrons. The second kappa shape index (κ2) is 5.22. The third-order valence-corrected chi connectivity index (χ3v) is 4.12. The second-order valence-electron chi connectivity index (χ2n) is 3.73. The lowest BCUT2D eigenvalue weighted by Gasteiger charge is -2.17. The molecule has 1 amide bonds. The first-order valence-electron chi connectivity index (χ1n) is 5.13. The van der Waals surface area contributed by atoms with E-state index in [1.165, 1.54) is 45.3 Å². The molecule has 0 aliphatic rings. The van der Waals surface area contributed by atoms with Gasteiger partial charge in [-0.25, -0.2) is 12.7 Å². The number of sulfonamides is 1. The lowest BCUT2D eigenvalue weighted by atomic mass is 10.3. The Labute approximate surface area is 107 Å². The molecule has 1 aromatic carbocycles. The van der Waals surface area contributed by atoms with Crippen molar-refractivity contribution in [2.45, 2.75) is 11.8 Å². The van der Waals surface area contributed by atoms with Crippen LogP contribution in [0.2, 0.25) is 0 Å². The zero-order chi connectivity index (χ0) is 13.9. The third kappa shape index (κ3) is 2.70. The van der Waals surface area contributed by atoms with E-state index in [1.54, 1.807) is 0 Å². The molecule has 0 N–H and O–H groups in total. The quantitative estimate of drug-likeness (QED) is 0.775. The van der Waals surface area contributed by atoms with Gasteiger partial charge in [-0.1, -0.05) is 6.58 Å². The van der Waals surface area contributed by atoms with E-state index in [4.69, 9.17) is 4.74 Å². The number of ether oxygens (including phenoxy) is 1. The predicted octanol–water partition coefficient (Wildman–Crippen LogP) is 1.42. The highest BCUT2D eigenvalue weighted by atomic mass is 32.2. The van der Waals surface area contributed by atoms with E-state index in [1.807, 2.05) is 0 Å². The maximum Gasteiger partial charge on any atom is 0.266 e. The van der Waals surface area contributed by atoms with Crippen LogP contribution in [0.5, 0.6) is 5.75 Å². The van der Waals surface area contributed by atoms with Crippen LogP contribution in [0.3, 0.4) is 0 Å². The van der Waals surface area contributed by atoms with Crippen LogP contribution in [0.25, 0.3) is 0 Å². The van der Waals surface area contributed by atoms with E-state index in [0.717, 1.165) is 0 Å². The number of amides is 1. The minimum atomic E-state index is -3.84. The summed E-state index contributed by atoms with van der Waals surface area (Å²) in [5.41, 5.74) is 0.162. The van der Waals surface area contributed by atoms with Gasteiger partial charge in [-0.15, -0.1) is 0 Å². The largest absolute Gasteiger partial charge is 0.497 e. The Morgan fingerprint density at radius 3 is 2.17 bits per heavy atom. The monoisotopic (exact) mass is 269 g/mol. The molecule has 0 aromatic heterocycles. The fourth-order valence-corrected chi connectivity index (χ4v) is 2.45. The van der Waals surface area contributed by atoms with Gasteiger partial charge in [0, 0.05) is 12.6 Å². The van der Waals surface area contributed by atoms with E-state index in [-0.39, 0.29) is 10.5 Å². The fraction of sp³-hybridized carbons (Fsp3) is 0.250. The Hall–Kier alpha value is -1.82. The lowest BCUT2D eigenvalue weighted by Crippen LogP contribution is -2.33. The Morgan fingerprint density at radius 2 is 1.78 bits per heavy atom. The number of carbonyl (C=O) groups excluding carboxylic acids is 1. The normalized spacial score (nSPS) is 10.8. The van der Waals surface area contributed by atoms with Crippen molar-refractivity contribution in [3.05, 3.63) is 36.4 Å². The van der Waals surface area contributed by atoms with E-state index < -0.39 is 15.9 Å². The number of likely N-dealkylation sites (N-methyl/N-ethyl adjacent to an activating group) is 1. The number of rotatable bonds is 4. The maximum absolute atomic E-state index is 12.1. The molecular weight excluding hydrogens is 254 g/mol. The first kappa shape index (κ1) is 14.2. The zero-order valence-electron chi connectivity index (χ0n) is 10.5. The van der Waals surface area contributed by atoms with Gasteiger partial charge in [0.15, 0.2) is 0 Å². The van der Waals surface area contributed by atoms with Gasteiger partial charge in [0.2, 0.25) is 0 Å². The average molecular weight is 269 g/mol. The number of hydrogen-bond acceptors (Lipinski definition) is 4. The summed E-state index contributed by atoms with van der Waals surface area (Å²) >= 11 is 0. The second-order valence-corrected chi connectivity index (χ2v) is 5.70. The van der Waals surface area contributed by atoms with Crippen LogP contribution < -0.4 is 4.74 Å². The van der Waals surface area contributed by atoms with Gasteiger partial charge in [-0.2, -0.15) is 0 Å². The van der Waals surface area contributed by atoms with E-state index in [9.17, 15) is 13.2 Å². The molecule has 0 saturated carbocycles. The van der Waals surface area contributed by atoms with Gasteiger partial charge in [0.05, 0.1) is 12.0 Å². The van der Waals surface area contributed by atoms with Gasteiger partial charge in [0.1, 0.15) is 5.75 Å². The molecule has 0 heterocycles. The van der Waals surface area contributed by atoms with Crippen molar-refractivity contribution in [2.24, 2.45) is 0 Å². The lowest BCUT2D eigenvalue weighted by molar-refractivity contribution is -0.121. The molecule has 6 heteroatoms. The summed E-state index contributed by atoms with van der Waals surface area (Å²) in [5.74, 6) is -0.0892. The molecular formula is C12H15NO4S. The van der Waals surface area contributed by atoms with Crippen molar-refractivity contribution in [1.82, 2.24) is 4.31 Å². The summed E-state index contributed by atoms with van der Waals surface area (Å²) in [5, 5.41) is 0. The molecule has 0 bridgehead atoms. The Morgan fingerprint density at radius 1 is 1.28 bits per heavy atom. The van der Waals surface area contributed by atoms with Gasteiger partial charge in [-0.05, 0) is 31.2 Å². The van der Waals surface area contributed by atoms with Gasteiger partial charge >= 0.3 is 0 Å². The smallest absolute Gasteiger partial charge is 0.266 e. The topological polar surface area (TPSA) is 63.7 Å². The Balaban J connectivity index is 3.13. The van der Waals surface area contributed by atoms with Gasteiger partial charge < -0.3 is 4.74 Å². The molecule has 1 rings (SSSR count). The van der Waals surface area contributed by atoms with Crippen molar-refractivity contribution in [1.29, 1.82) is 0 Å². The summed E-state index contributed by atoms with van der Waals surface area (Å²) < 4.78 is 29.8. The van der Waals surface area contributed by atoms with Gasteiger partial charge in [0.25, 0.3) is 15.9 Å². The minimum absolute atomic E-state index is 0.0281. The van der Waals surface area contributed by atoms with Crippen LogP contribution in [0, 0.1) is 0 Å². The fourth-order valence-electron chi connectivity index (χ4n) is 1.28. The summed E-state index contributed by atoms with van der Waals surface area (Å²) in [6.45, 7) is 4.90. The molecule has 0 fully saturated rings. The molecule has 0 aliphatic heterocycles. The standard InChI is InChI=1S/C12H15NO4S/c1-9(2)12(14)13(3)18(15,16)11-7-5-10(17-4)6-8-11/h5-8H,1H2,2-4H3. The molecule has 0 saturated heterocycles. The van der Waals surface area contributed by atoms with Crippen LogP contribution in [-0.2, 0) is 14.8 Å². The number of nitrogens with zero attached hydrogens (tertiary/aromatic N) is 1. The summed E-state index contributed by atoms with van der Waals surface area (Å²) in [4.78, 5) is 11.6. The SMILES string of the molecule is C=C(C)C(=O)N(C)S(=O)(=O)c1ccc(OC)cc1. The molecule has 0 radical (unpaired) electrons. The van der Waals surface area contributed by atoms with Crippen LogP contribution in [-0.4, -0.2) is 32.8 Å². The van der Waals surface area contributed by atoms with E-state index >= 15 is 0 Å². The van der Waals surface area contributed by atoms with E-state index in [2.05, 4.69) is 6.58 Å². The summed E-state index contributed by atoms with van der Waals surface area (Å²) in [7, 11) is -1.15. The van der Waals surface area contributed by atoms with Crippen molar-refractivity contribution in [3.8, 4) is 5.75 Å². The third-order valence-electron chi connectivity index (χ3n) is 2.37. The number of methoxy groups -OCH3 is 1. The van der Waals surface area contributed by atoms with E-state index in [0.29, 0.717) is 10.1 Å². The van der Waals surface area contributed by atoms with Crippen molar-refractivity contribution < 1.29 is 17.9 Å². The molecule has 5 nitrogen and oxygen atoms in total.